The number of hydrogen-bond donors (Lipinski definition) is 0. The van der Waals surface area contributed by atoms with Gasteiger partial charge in [-0.1, -0.05) is 0 Å². The summed E-state index contributed by atoms with van der Waals surface area (Å²) in [6.07, 6.45) is 7.62. The normalized spacial score (nSPS) is 12.7. The van der Waals surface area contributed by atoms with E-state index < -0.39 is 17.8 Å². The maximum Gasteiger partial charge on any atom is -0.147 e. The molecule has 0 bridgehead atoms. The summed E-state index contributed by atoms with van der Waals surface area (Å²) in [6.45, 7) is 11.0. The van der Waals surface area contributed by atoms with Crippen LogP contribution in [-0.4, -0.2) is 10.9 Å². The fourth-order valence-electron chi connectivity index (χ4n) is 2.40. The Labute approximate surface area is 165 Å². The third-order valence-electron chi connectivity index (χ3n) is 3.72. The molecule has 0 aliphatic heterocycles. The number of ether oxygens (including phenoxy) is 1. The molecular formula is C19H28Cl2O2Ti. The first-order valence-corrected chi connectivity index (χ1v) is 9.92. The maximum absolute atomic E-state index is 6.48. The smallest absolute Gasteiger partial charge is 0.147 e. The molecule has 1 aliphatic rings. The van der Waals surface area contributed by atoms with Crippen molar-refractivity contribution < 1.29 is 25.9 Å². The van der Waals surface area contributed by atoms with E-state index in [-0.39, 0.29) is 30.2 Å². The predicted molar refractivity (Wildman–Crippen MR) is 105 cm³/mol. The van der Waals surface area contributed by atoms with Crippen LogP contribution in [0.4, 0.5) is 0 Å². The average molecular weight is 407 g/mol. The van der Waals surface area contributed by atoms with E-state index in [0.29, 0.717) is 0 Å². The first kappa shape index (κ1) is 23.5. The van der Waals surface area contributed by atoms with Crippen molar-refractivity contribution >= 4 is 28.6 Å². The summed E-state index contributed by atoms with van der Waals surface area (Å²) in [6, 6.07) is 6.28. The number of halogens is 2. The van der Waals surface area contributed by atoms with Crippen molar-refractivity contribution in [1.29, 1.82) is 0 Å². The summed E-state index contributed by atoms with van der Waals surface area (Å²) in [4.78, 5) is 0. The van der Waals surface area contributed by atoms with Crippen molar-refractivity contribution in [2.24, 2.45) is 0 Å². The zero-order valence-electron chi connectivity index (χ0n) is 15.3. The number of hydrogen-bond acceptors (Lipinski definition) is 2. The Morgan fingerprint density at radius 1 is 1.04 bits per heavy atom. The molecule has 0 atom stereocenters. The van der Waals surface area contributed by atoms with Gasteiger partial charge in [-0.05, 0) is 0 Å². The van der Waals surface area contributed by atoms with Crippen LogP contribution in [0.25, 0.3) is 0 Å². The molecule has 0 fully saturated rings. The Morgan fingerprint density at radius 2 is 1.67 bits per heavy atom. The van der Waals surface area contributed by atoms with Crippen molar-refractivity contribution in [2.75, 3.05) is 7.11 Å². The third-order valence-corrected chi connectivity index (χ3v) is 7.31. The van der Waals surface area contributed by atoms with Gasteiger partial charge < -0.3 is 0 Å². The van der Waals surface area contributed by atoms with Crippen LogP contribution < -0.4 is 8.06 Å². The number of methoxy groups -OCH3 is 1. The summed E-state index contributed by atoms with van der Waals surface area (Å²) in [5.74, 6) is 1.81. The molecule has 2 rings (SSSR count). The van der Waals surface area contributed by atoms with Crippen LogP contribution in [0.15, 0.2) is 40.3 Å². The van der Waals surface area contributed by atoms with E-state index in [0.717, 1.165) is 17.9 Å². The molecule has 0 saturated heterocycles. The molecule has 1 aromatic carbocycles. The molecule has 134 valence electrons. The predicted octanol–water partition coefficient (Wildman–Crippen LogP) is 5.80. The van der Waals surface area contributed by atoms with E-state index in [1.54, 1.807) is 7.11 Å². The minimum Gasteiger partial charge on any atom is -0.147 e. The summed E-state index contributed by atoms with van der Waals surface area (Å²) in [5.41, 5.74) is 1.32. The van der Waals surface area contributed by atoms with Gasteiger partial charge in [-0.25, -0.2) is 0 Å². The zero-order chi connectivity index (χ0) is 16.3. The maximum atomic E-state index is 6.48. The summed E-state index contributed by atoms with van der Waals surface area (Å²) in [7, 11) is 1.71. The van der Waals surface area contributed by atoms with Gasteiger partial charge in [0.25, 0.3) is 0 Å². The Balaban J connectivity index is 0.00000264. The molecule has 0 unspecified atom stereocenters. The van der Waals surface area contributed by atoms with E-state index in [1.165, 1.54) is 13.3 Å². The second-order valence-corrected chi connectivity index (χ2v) is 10.8. The standard InChI is InChI=1S/C11H16O2.C5H5.C3H6.2ClH.Ti/c1-11(2,3)8-5-9(12)7-10(6-8)13-4;1-2-4-5-3-1;1-3-2;;;/h5-7,12H,1-4H3;1-3H,4H2;1-2H3;2*1H;/q;;;;;+1/p-1. The quantitative estimate of drug-likeness (QED) is 0.587. The molecule has 1 aromatic rings. The molecule has 5 heteroatoms. The summed E-state index contributed by atoms with van der Waals surface area (Å²) >= 11 is -1.84. The Hall–Kier alpha value is -0.536. The first-order chi connectivity index (χ1) is 10.3. The summed E-state index contributed by atoms with van der Waals surface area (Å²) in [5, 5.41) is 0. The molecule has 1 aliphatic carbocycles. The molecule has 0 N–H and O–H groups in total. The largest absolute Gasteiger partial charge is 0.147 e. The van der Waals surface area contributed by atoms with Crippen LogP contribution in [0.5, 0.6) is 11.5 Å². The zero-order valence-corrected chi connectivity index (χ0v) is 18.5. The van der Waals surface area contributed by atoms with Crippen molar-refractivity contribution in [3.05, 3.63) is 45.9 Å². The number of benzene rings is 1. The molecule has 0 amide bonds. The Morgan fingerprint density at radius 3 is 2.12 bits per heavy atom. The van der Waals surface area contributed by atoms with E-state index in [1.807, 2.05) is 6.07 Å². The first-order valence-electron chi connectivity index (χ1n) is 7.72. The third kappa shape index (κ3) is 6.08. The van der Waals surface area contributed by atoms with Gasteiger partial charge in [0, 0.05) is 0 Å². The Bertz CT molecular complexity index is 652. The van der Waals surface area contributed by atoms with E-state index >= 15 is 0 Å². The molecule has 0 heterocycles. The number of allylic oxidation sites excluding steroid dienone is 4. The molecule has 2 nitrogen and oxygen atoms in total. The van der Waals surface area contributed by atoms with E-state index in [2.05, 4.69) is 65.0 Å². The van der Waals surface area contributed by atoms with Gasteiger partial charge >= 0.3 is 141 Å². The average Bonchev–Trinajstić information content (AvgIpc) is 2.97. The van der Waals surface area contributed by atoms with E-state index in [4.69, 9.17) is 8.06 Å². The van der Waals surface area contributed by atoms with Crippen LogP contribution in [0, 0.1) is 0 Å². The molecule has 0 saturated carbocycles. The van der Waals surface area contributed by atoms with Crippen molar-refractivity contribution in [1.82, 2.24) is 0 Å². The van der Waals surface area contributed by atoms with Gasteiger partial charge in [0.1, 0.15) is 0 Å². The fraction of sp³-hybridized carbons (Fsp3) is 0.421. The fourth-order valence-corrected chi connectivity index (χ4v) is 5.34. The van der Waals surface area contributed by atoms with Gasteiger partial charge in [0.15, 0.2) is 0 Å². The van der Waals surface area contributed by atoms with Gasteiger partial charge in [-0.3, -0.25) is 0 Å². The molecule has 0 radical (unpaired) electrons. The molecule has 0 spiro atoms. The SMILES string of the molecule is COc1cc([O][Ti]([C]2=CC=CC2)=[C](C)C)cc(C(C)(C)C)c1.Cl.Cl. The second-order valence-electron chi connectivity index (χ2n) is 6.90. The molecule has 24 heavy (non-hydrogen) atoms. The second kappa shape index (κ2) is 9.82. The van der Waals surface area contributed by atoms with Crippen LogP contribution >= 0.6 is 24.8 Å². The van der Waals surface area contributed by atoms with Gasteiger partial charge in [-0.15, -0.1) is 24.8 Å². The number of rotatable bonds is 4. The minimum absolute atomic E-state index is 0. The van der Waals surface area contributed by atoms with Crippen LogP contribution in [0.3, 0.4) is 0 Å². The van der Waals surface area contributed by atoms with Gasteiger partial charge in [-0.2, -0.15) is 0 Å². The van der Waals surface area contributed by atoms with Crippen molar-refractivity contribution in [3.8, 4) is 11.5 Å². The molecular weight excluding hydrogens is 379 g/mol. The van der Waals surface area contributed by atoms with Crippen LogP contribution in [0.1, 0.15) is 46.6 Å². The Kier molecular flexibility index (Phi) is 9.60. The molecule has 0 aromatic heterocycles. The van der Waals surface area contributed by atoms with Crippen molar-refractivity contribution in [3.63, 3.8) is 0 Å². The monoisotopic (exact) mass is 406 g/mol. The topological polar surface area (TPSA) is 18.5 Å². The van der Waals surface area contributed by atoms with E-state index in [9.17, 15) is 0 Å². The van der Waals surface area contributed by atoms with Crippen LogP contribution in [0.2, 0.25) is 0 Å². The van der Waals surface area contributed by atoms with Gasteiger partial charge in [0.2, 0.25) is 0 Å². The van der Waals surface area contributed by atoms with Gasteiger partial charge in [0.05, 0.1) is 0 Å². The van der Waals surface area contributed by atoms with Crippen LogP contribution in [-0.2, 0) is 23.2 Å². The summed E-state index contributed by atoms with van der Waals surface area (Å²) < 4.78 is 14.8. The van der Waals surface area contributed by atoms with Crippen molar-refractivity contribution in [2.45, 2.75) is 46.5 Å². The minimum atomic E-state index is -1.84.